The maximum atomic E-state index is 6.24. The predicted octanol–water partition coefficient (Wildman–Crippen LogP) is 3.73. The van der Waals surface area contributed by atoms with Gasteiger partial charge in [-0.2, -0.15) is 0 Å². The second-order valence-electron chi connectivity index (χ2n) is 6.06. The van der Waals surface area contributed by atoms with E-state index in [0.717, 1.165) is 12.5 Å². The topological polar surface area (TPSA) is 29.3 Å². The summed E-state index contributed by atoms with van der Waals surface area (Å²) in [6.45, 7) is 5.23. The zero-order chi connectivity index (χ0) is 13.9. The summed E-state index contributed by atoms with van der Waals surface area (Å²) in [5.74, 6) is 0.719. The Bertz CT molecular complexity index is 415. The van der Waals surface area contributed by atoms with E-state index in [1.54, 1.807) is 0 Å². The van der Waals surface area contributed by atoms with Crippen molar-refractivity contribution in [2.75, 3.05) is 18.5 Å². The lowest BCUT2D eigenvalue weighted by Gasteiger charge is -2.50. The summed E-state index contributed by atoms with van der Waals surface area (Å²) in [5.41, 5.74) is 9.02. The number of nitrogens with two attached hydrogens (primary N) is 1. The average Bonchev–Trinajstić information content (AvgIpc) is 2.46. The Labute approximate surface area is 118 Å². The van der Waals surface area contributed by atoms with Gasteiger partial charge in [-0.15, -0.1) is 0 Å². The van der Waals surface area contributed by atoms with Crippen LogP contribution in [-0.4, -0.2) is 19.1 Å². The molecule has 1 aromatic carbocycles. The molecule has 2 atom stereocenters. The molecule has 0 aliphatic heterocycles. The minimum absolute atomic E-state index is 0.154. The van der Waals surface area contributed by atoms with Crippen molar-refractivity contribution in [3.05, 3.63) is 29.8 Å². The van der Waals surface area contributed by atoms with Gasteiger partial charge in [0, 0.05) is 19.3 Å². The number of benzene rings is 1. The van der Waals surface area contributed by atoms with E-state index < -0.39 is 0 Å². The van der Waals surface area contributed by atoms with Crippen LogP contribution in [0, 0.1) is 12.8 Å². The van der Waals surface area contributed by atoms with Crippen molar-refractivity contribution < 1.29 is 0 Å². The van der Waals surface area contributed by atoms with E-state index in [2.05, 4.69) is 50.1 Å². The molecule has 1 aromatic rings. The summed E-state index contributed by atoms with van der Waals surface area (Å²) in [6, 6.07) is 8.80. The Hall–Kier alpha value is -1.02. The molecule has 2 N–H and O–H groups in total. The fraction of sp³-hybridized carbons (Fsp3) is 0.647. The van der Waals surface area contributed by atoms with Crippen LogP contribution in [0.2, 0.25) is 0 Å². The third-order valence-corrected chi connectivity index (χ3v) is 5.08. The second kappa shape index (κ2) is 5.96. The lowest BCUT2D eigenvalue weighted by atomic mass is 9.70. The lowest BCUT2D eigenvalue weighted by Crippen LogP contribution is -2.58. The van der Waals surface area contributed by atoms with Gasteiger partial charge in [0.2, 0.25) is 0 Å². The number of anilines is 1. The number of nitrogens with zero attached hydrogens (tertiary/aromatic N) is 1. The summed E-state index contributed by atoms with van der Waals surface area (Å²) in [5, 5.41) is 0. The Kier molecular flexibility index (Phi) is 4.51. The van der Waals surface area contributed by atoms with Crippen LogP contribution in [-0.2, 0) is 0 Å². The number of hydrogen-bond donors (Lipinski definition) is 1. The molecule has 1 aliphatic rings. The van der Waals surface area contributed by atoms with Crippen LogP contribution in [0.4, 0.5) is 5.69 Å². The minimum Gasteiger partial charge on any atom is -0.367 e. The monoisotopic (exact) mass is 260 g/mol. The third kappa shape index (κ3) is 2.64. The molecule has 1 fully saturated rings. The second-order valence-corrected chi connectivity index (χ2v) is 6.06. The highest BCUT2D eigenvalue weighted by atomic mass is 15.2. The molecule has 2 rings (SSSR count). The molecular formula is C17H28N2. The smallest absolute Gasteiger partial charge is 0.0548 e. The van der Waals surface area contributed by atoms with Gasteiger partial charge in [0.25, 0.3) is 0 Å². The molecule has 0 spiro atoms. The van der Waals surface area contributed by atoms with Gasteiger partial charge >= 0.3 is 0 Å². The van der Waals surface area contributed by atoms with Crippen LogP contribution in [0.25, 0.3) is 0 Å². The molecule has 2 heteroatoms. The van der Waals surface area contributed by atoms with E-state index in [-0.39, 0.29) is 5.54 Å². The zero-order valence-corrected chi connectivity index (χ0v) is 12.7. The standard InChI is InChI=1S/C17H28N2/c1-4-15-9-5-6-11-17(15,13-18)19(3)16-10-7-8-14(2)12-16/h7-8,10,12,15H,4-6,9,11,13,18H2,1-3H3. The molecule has 19 heavy (non-hydrogen) atoms. The molecule has 0 amide bonds. The largest absolute Gasteiger partial charge is 0.367 e. The molecule has 0 radical (unpaired) electrons. The first-order chi connectivity index (χ1) is 9.14. The molecule has 0 aromatic heterocycles. The van der Waals surface area contributed by atoms with Crippen LogP contribution in [0.5, 0.6) is 0 Å². The van der Waals surface area contributed by atoms with Crippen LogP contribution in [0.15, 0.2) is 24.3 Å². The maximum absolute atomic E-state index is 6.24. The van der Waals surface area contributed by atoms with E-state index in [1.165, 1.54) is 43.4 Å². The first kappa shape index (κ1) is 14.4. The molecule has 0 bridgehead atoms. The first-order valence-corrected chi connectivity index (χ1v) is 7.64. The van der Waals surface area contributed by atoms with E-state index >= 15 is 0 Å². The Balaban J connectivity index is 2.33. The van der Waals surface area contributed by atoms with Crippen LogP contribution in [0.3, 0.4) is 0 Å². The number of rotatable bonds is 4. The summed E-state index contributed by atoms with van der Waals surface area (Å²) in [6.07, 6.45) is 6.45. The summed E-state index contributed by atoms with van der Waals surface area (Å²) >= 11 is 0. The van der Waals surface area contributed by atoms with Crippen LogP contribution in [0.1, 0.15) is 44.6 Å². The van der Waals surface area contributed by atoms with Crippen molar-refractivity contribution >= 4 is 5.69 Å². The molecular weight excluding hydrogens is 232 g/mol. The molecule has 1 saturated carbocycles. The van der Waals surface area contributed by atoms with Crippen molar-refractivity contribution in [1.82, 2.24) is 0 Å². The Morgan fingerprint density at radius 2 is 2.16 bits per heavy atom. The third-order valence-electron chi connectivity index (χ3n) is 5.08. The van der Waals surface area contributed by atoms with Crippen molar-refractivity contribution in [2.45, 2.75) is 51.5 Å². The van der Waals surface area contributed by atoms with Crippen molar-refractivity contribution in [2.24, 2.45) is 11.7 Å². The highest BCUT2D eigenvalue weighted by Gasteiger charge is 2.42. The van der Waals surface area contributed by atoms with Crippen molar-refractivity contribution in [3.63, 3.8) is 0 Å². The van der Waals surface area contributed by atoms with Crippen LogP contribution < -0.4 is 10.6 Å². The Morgan fingerprint density at radius 3 is 2.79 bits per heavy atom. The summed E-state index contributed by atoms with van der Waals surface area (Å²) in [7, 11) is 2.23. The number of hydrogen-bond acceptors (Lipinski definition) is 2. The number of likely N-dealkylation sites (N-methyl/N-ethyl adjacent to an activating group) is 1. The van der Waals surface area contributed by atoms with Gasteiger partial charge in [-0.25, -0.2) is 0 Å². The summed E-state index contributed by atoms with van der Waals surface area (Å²) in [4.78, 5) is 2.47. The molecule has 0 heterocycles. The van der Waals surface area contributed by atoms with Gasteiger partial charge in [0.15, 0.2) is 0 Å². The maximum Gasteiger partial charge on any atom is 0.0548 e. The molecule has 2 unspecified atom stereocenters. The highest BCUT2D eigenvalue weighted by molar-refractivity contribution is 5.50. The first-order valence-electron chi connectivity index (χ1n) is 7.64. The molecule has 2 nitrogen and oxygen atoms in total. The van der Waals surface area contributed by atoms with Gasteiger partial charge in [0.1, 0.15) is 0 Å². The average molecular weight is 260 g/mol. The fourth-order valence-electron chi connectivity index (χ4n) is 3.82. The van der Waals surface area contributed by atoms with Crippen molar-refractivity contribution in [3.8, 4) is 0 Å². The van der Waals surface area contributed by atoms with Crippen molar-refractivity contribution in [1.29, 1.82) is 0 Å². The van der Waals surface area contributed by atoms with E-state index in [4.69, 9.17) is 5.73 Å². The van der Waals surface area contributed by atoms with Gasteiger partial charge in [0.05, 0.1) is 5.54 Å². The van der Waals surface area contributed by atoms with Crippen LogP contribution >= 0.6 is 0 Å². The SMILES string of the molecule is CCC1CCCCC1(CN)N(C)c1cccc(C)c1. The van der Waals surface area contributed by atoms with Gasteiger partial charge in [-0.3, -0.25) is 0 Å². The van der Waals surface area contributed by atoms with E-state index in [9.17, 15) is 0 Å². The Morgan fingerprint density at radius 1 is 1.37 bits per heavy atom. The molecule has 1 aliphatic carbocycles. The molecule has 0 saturated heterocycles. The van der Waals surface area contributed by atoms with Gasteiger partial charge in [-0.1, -0.05) is 38.3 Å². The normalized spacial score (nSPS) is 27.3. The molecule has 106 valence electrons. The highest BCUT2D eigenvalue weighted by Crippen LogP contribution is 2.41. The quantitative estimate of drug-likeness (QED) is 0.894. The van der Waals surface area contributed by atoms with E-state index in [0.29, 0.717) is 0 Å². The van der Waals surface area contributed by atoms with Gasteiger partial charge < -0.3 is 10.6 Å². The number of aryl methyl sites for hydroxylation is 1. The fourth-order valence-corrected chi connectivity index (χ4v) is 3.82. The zero-order valence-electron chi connectivity index (χ0n) is 12.7. The van der Waals surface area contributed by atoms with E-state index in [1.807, 2.05) is 0 Å². The predicted molar refractivity (Wildman–Crippen MR) is 83.6 cm³/mol. The minimum atomic E-state index is 0.154. The van der Waals surface area contributed by atoms with Gasteiger partial charge in [-0.05, 0) is 43.4 Å². The lowest BCUT2D eigenvalue weighted by molar-refractivity contribution is 0.183. The summed E-state index contributed by atoms with van der Waals surface area (Å²) < 4.78 is 0.